The van der Waals surface area contributed by atoms with Crippen molar-refractivity contribution in [2.45, 2.75) is 120 Å². The molecule has 0 spiro atoms. The summed E-state index contributed by atoms with van der Waals surface area (Å²) in [5, 5.41) is 40.6. The van der Waals surface area contributed by atoms with Crippen LogP contribution in [0.1, 0.15) is 76.7 Å². The molecule has 0 aromatic heterocycles. The zero-order valence-electron chi connectivity index (χ0n) is 23.5. The second kappa shape index (κ2) is 18.0. The van der Waals surface area contributed by atoms with Gasteiger partial charge in [0.25, 0.3) is 10.1 Å². The van der Waals surface area contributed by atoms with Gasteiger partial charge in [0.2, 0.25) is 0 Å². The molecule has 0 saturated carbocycles. The number of benzene rings is 1. The van der Waals surface area contributed by atoms with Crippen molar-refractivity contribution in [3.05, 3.63) is 29.8 Å². The highest BCUT2D eigenvalue weighted by Gasteiger charge is 2.45. The summed E-state index contributed by atoms with van der Waals surface area (Å²) < 4.78 is 46.2. The summed E-state index contributed by atoms with van der Waals surface area (Å²) >= 11 is 0. The number of carbonyl (C=O) groups is 1. The number of hydrogen-bond acceptors (Lipinski definition) is 11. The third kappa shape index (κ3) is 11.7. The molecule has 0 bridgehead atoms. The molecule has 1 heterocycles. The molecule has 1 saturated heterocycles. The van der Waals surface area contributed by atoms with Crippen LogP contribution in [0.25, 0.3) is 0 Å². The predicted octanol–water partition coefficient (Wildman–Crippen LogP) is 2.35. The van der Waals surface area contributed by atoms with E-state index in [1.54, 1.807) is 19.1 Å². The SMILES string of the molecule is CCCCCCCCCCCC(=O)OC[C@H](CO)O[C@@H]1O[C@H](COS(=O)(=O)c2ccc(C)cc2)[C@@H](O)[C@H](O)[C@H]1O. The van der Waals surface area contributed by atoms with Gasteiger partial charge in [-0.3, -0.25) is 8.98 Å². The molecule has 0 radical (unpaired) electrons. The fraction of sp³-hybridized carbons (Fsp3) is 0.750. The topological polar surface area (TPSA) is 169 Å². The molecule has 40 heavy (non-hydrogen) atoms. The second-order valence-electron chi connectivity index (χ2n) is 10.3. The minimum Gasteiger partial charge on any atom is -0.463 e. The van der Waals surface area contributed by atoms with E-state index in [-0.39, 0.29) is 17.9 Å². The number of esters is 1. The van der Waals surface area contributed by atoms with Gasteiger partial charge >= 0.3 is 5.97 Å². The molecule has 12 heteroatoms. The Bertz CT molecular complexity index is 954. The molecule has 1 aliphatic rings. The van der Waals surface area contributed by atoms with Crippen molar-refractivity contribution >= 4 is 16.1 Å². The van der Waals surface area contributed by atoms with Crippen LogP contribution in [-0.2, 0) is 33.3 Å². The first-order valence-electron chi connectivity index (χ1n) is 14.2. The number of unbranched alkanes of at least 4 members (excludes halogenated alkanes) is 8. The van der Waals surface area contributed by atoms with Gasteiger partial charge in [-0.05, 0) is 25.5 Å². The molecule has 230 valence electrons. The molecule has 1 fully saturated rings. The minimum atomic E-state index is -4.19. The highest BCUT2D eigenvalue weighted by Crippen LogP contribution is 2.25. The number of hydrogen-bond donors (Lipinski definition) is 4. The number of carbonyl (C=O) groups excluding carboxylic acids is 1. The van der Waals surface area contributed by atoms with E-state index in [0.29, 0.717) is 6.42 Å². The van der Waals surface area contributed by atoms with Crippen LogP contribution in [0.5, 0.6) is 0 Å². The van der Waals surface area contributed by atoms with Crippen LogP contribution in [0.2, 0.25) is 0 Å². The number of aliphatic hydroxyl groups excluding tert-OH is 4. The van der Waals surface area contributed by atoms with Gasteiger partial charge in [0.15, 0.2) is 6.29 Å². The molecule has 2 rings (SSSR count). The zero-order valence-corrected chi connectivity index (χ0v) is 24.3. The van der Waals surface area contributed by atoms with Crippen LogP contribution in [0.15, 0.2) is 29.2 Å². The Labute approximate surface area is 237 Å². The molecule has 0 unspecified atom stereocenters. The maximum Gasteiger partial charge on any atom is 0.305 e. The molecule has 11 nitrogen and oxygen atoms in total. The molecule has 1 aromatic rings. The number of ether oxygens (including phenoxy) is 3. The molecule has 0 amide bonds. The Morgan fingerprint density at radius 3 is 2.12 bits per heavy atom. The Kier molecular flexibility index (Phi) is 15.6. The summed E-state index contributed by atoms with van der Waals surface area (Å²) in [6, 6.07) is 5.95. The molecule has 6 atom stereocenters. The van der Waals surface area contributed by atoms with Crippen molar-refractivity contribution in [1.82, 2.24) is 0 Å². The van der Waals surface area contributed by atoms with E-state index in [9.17, 15) is 33.6 Å². The van der Waals surface area contributed by atoms with Gasteiger partial charge in [0.1, 0.15) is 37.1 Å². The van der Waals surface area contributed by atoms with Crippen LogP contribution in [0.3, 0.4) is 0 Å². The van der Waals surface area contributed by atoms with Gasteiger partial charge < -0.3 is 34.6 Å². The second-order valence-corrected chi connectivity index (χ2v) is 11.9. The number of rotatable bonds is 19. The molecule has 4 N–H and O–H groups in total. The van der Waals surface area contributed by atoms with E-state index in [2.05, 4.69) is 6.92 Å². The number of aryl methyl sites for hydroxylation is 1. The fourth-order valence-electron chi connectivity index (χ4n) is 4.26. The Hall–Kier alpha value is -1.64. The van der Waals surface area contributed by atoms with E-state index in [4.69, 9.17) is 18.4 Å². The molecule has 1 aliphatic heterocycles. The summed E-state index contributed by atoms with van der Waals surface area (Å²) in [5.74, 6) is -0.446. The Morgan fingerprint density at radius 2 is 1.52 bits per heavy atom. The average Bonchev–Trinajstić information content (AvgIpc) is 2.93. The van der Waals surface area contributed by atoms with Crippen LogP contribution in [0, 0.1) is 6.92 Å². The predicted molar refractivity (Wildman–Crippen MR) is 146 cm³/mol. The summed E-state index contributed by atoms with van der Waals surface area (Å²) in [5.41, 5.74) is 0.856. The van der Waals surface area contributed by atoms with Gasteiger partial charge in [-0.25, -0.2) is 0 Å². The normalized spacial score (nSPS) is 24.1. The zero-order chi connectivity index (χ0) is 29.5. The summed E-state index contributed by atoms with van der Waals surface area (Å²) in [7, 11) is -4.19. The lowest BCUT2D eigenvalue weighted by Crippen LogP contribution is -2.60. The van der Waals surface area contributed by atoms with Gasteiger partial charge in [-0.2, -0.15) is 8.42 Å². The van der Waals surface area contributed by atoms with Gasteiger partial charge in [-0.15, -0.1) is 0 Å². The number of aliphatic hydroxyl groups is 4. The minimum absolute atomic E-state index is 0.0960. The summed E-state index contributed by atoms with van der Waals surface area (Å²) in [4.78, 5) is 12.0. The monoisotopic (exact) mass is 590 g/mol. The van der Waals surface area contributed by atoms with Gasteiger partial charge in [0.05, 0.1) is 18.1 Å². The largest absolute Gasteiger partial charge is 0.463 e. The molecular weight excluding hydrogens is 544 g/mol. The van der Waals surface area contributed by atoms with E-state index in [0.717, 1.165) is 24.8 Å². The van der Waals surface area contributed by atoms with Gasteiger partial charge in [-0.1, -0.05) is 76.0 Å². The van der Waals surface area contributed by atoms with Crippen molar-refractivity contribution in [2.24, 2.45) is 0 Å². The third-order valence-electron chi connectivity index (χ3n) is 6.81. The maximum atomic E-state index is 12.5. The lowest BCUT2D eigenvalue weighted by atomic mass is 9.99. The van der Waals surface area contributed by atoms with Crippen molar-refractivity contribution in [2.75, 3.05) is 19.8 Å². The van der Waals surface area contributed by atoms with Crippen molar-refractivity contribution in [1.29, 1.82) is 0 Å². The van der Waals surface area contributed by atoms with Crippen LogP contribution in [0.4, 0.5) is 0 Å². The van der Waals surface area contributed by atoms with Crippen molar-refractivity contribution in [3.63, 3.8) is 0 Å². The van der Waals surface area contributed by atoms with E-state index < -0.39 is 66.1 Å². The fourth-order valence-corrected chi connectivity index (χ4v) is 5.18. The first-order chi connectivity index (χ1) is 19.1. The maximum absolute atomic E-state index is 12.5. The lowest BCUT2D eigenvalue weighted by molar-refractivity contribution is -0.314. The lowest BCUT2D eigenvalue weighted by Gasteiger charge is -2.40. The standard InChI is InChI=1S/C28H46O11S/c1-3-4-5-6-7-8-9-10-11-12-24(30)36-18-21(17-29)38-28-27(33)26(32)25(31)23(39-28)19-37-40(34,35)22-15-13-20(2)14-16-22/h13-16,21,23,25-29,31-33H,3-12,17-19H2,1-2H3/t21-,23+,25+,26-,27+,28+/m0/s1. The Balaban J connectivity index is 1.78. The first-order valence-corrected chi connectivity index (χ1v) is 15.6. The Morgan fingerprint density at radius 1 is 0.925 bits per heavy atom. The molecule has 0 aliphatic carbocycles. The smallest absolute Gasteiger partial charge is 0.305 e. The average molecular weight is 591 g/mol. The highest BCUT2D eigenvalue weighted by molar-refractivity contribution is 7.86. The first kappa shape index (κ1) is 34.6. The summed E-state index contributed by atoms with van der Waals surface area (Å²) in [6.45, 7) is 2.42. The van der Waals surface area contributed by atoms with Crippen molar-refractivity contribution in [3.8, 4) is 0 Å². The summed E-state index contributed by atoms with van der Waals surface area (Å²) in [6.07, 6.45) is 1.11. The van der Waals surface area contributed by atoms with Crippen LogP contribution in [-0.4, -0.2) is 91.4 Å². The van der Waals surface area contributed by atoms with Gasteiger partial charge in [0, 0.05) is 6.42 Å². The molecular formula is C28H46O11S. The quantitative estimate of drug-likeness (QED) is 0.106. The van der Waals surface area contributed by atoms with E-state index in [1.807, 2.05) is 0 Å². The van der Waals surface area contributed by atoms with E-state index >= 15 is 0 Å². The van der Waals surface area contributed by atoms with E-state index in [1.165, 1.54) is 44.2 Å². The van der Waals surface area contributed by atoms with Crippen LogP contribution >= 0.6 is 0 Å². The van der Waals surface area contributed by atoms with Crippen molar-refractivity contribution < 1.29 is 52.0 Å². The highest BCUT2D eigenvalue weighted by atomic mass is 32.2. The third-order valence-corrected chi connectivity index (χ3v) is 8.11. The molecule has 1 aromatic carbocycles. The van der Waals surface area contributed by atoms with Crippen LogP contribution < -0.4 is 0 Å².